The lowest BCUT2D eigenvalue weighted by molar-refractivity contribution is 0.0952. The average molecular weight is 378 g/mol. The van der Waals surface area contributed by atoms with Crippen LogP contribution < -0.4 is 10.9 Å². The third kappa shape index (κ3) is 3.71. The summed E-state index contributed by atoms with van der Waals surface area (Å²) in [6.45, 7) is 2.68. The number of aromatic nitrogens is 1. The predicted octanol–water partition coefficient (Wildman–Crippen LogP) is 3.94. The van der Waals surface area contributed by atoms with Gasteiger partial charge in [0.15, 0.2) is 0 Å². The minimum absolute atomic E-state index is 0.0895. The molecule has 1 aromatic carbocycles. The number of fused-ring (bicyclic) bond motifs is 1. The van der Waals surface area contributed by atoms with Crippen molar-refractivity contribution < 1.29 is 9.21 Å². The number of aryl methyl sites for hydroxylation is 1. The first kappa shape index (κ1) is 17.3. The summed E-state index contributed by atoms with van der Waals surface area (Å²) in [4.78, 5) is 25.7. The van der Waals surface area contributed by atoms with E-state index in [0.29, 0.717) is 29.1 Å². The molecule has 3 aromatic heterocycles. The number of furan rings is 1. The fraction of sp³-hybridized carbons (Fsp3) is 0.143. The maximum absolute atomic E-state index is 12.8. The second-order valence-electron chi connectivity index (χ2n) is 6.32. The van der Waals surface area contributed by atoms with Crippen molar-refractivity contribution in [2.75, 3.05) is 0 Å². The van der Waals surface area contributed by atoms with Crippen LogP contribution in [0.4, 0.5) is 0 Å². The van der Waals surface area contributed by atoms with Crippen LogP contribution in [0.2, 0.25) is 0 Å². The van der Waals surface area contributed by atoms with Gasteiger partial charge in [-0.1, -0.05) is 30.3 Å². The molecule has 4 aromatic rings. The molecule has 1 N–H and O–H groups in total. The molecule has 0 atom stereocenters. The predicted molar refractivity (Wildman–Crippen MR) is 106 cm³/mol. The molecule has 27 heavy (non-hydrogen) atoms. The van der Waals surface area contributed by atoms with Crippen LogP contribution in [0, 0.1) is 6.92 Å². The van der Waals surface area contributed by atoms with Crippen LogP contribution in [0.1, 0.15) is 26.8 Å². The minimum atomic E-state index is -0.209. The van der Waals surface area contributed by atoms with Crippen molar-refractivity contribution in [3.63, 3.8) is 0 Å². The highest BCUT2D eigenvalue weighted by Crippen LogP contribution is 2.23. The number of pyridine rings is 1. The maximum Gasteiger partial charge on any atom is 0.261 e. The fourth-order valence-electron chi connectivity index (χ4n) is 2.93. The standard InChI is InChI=1S/C21H18N2O3S/c1-14-7-8-16(26-14)12-22-20(24)19-11-17-18(27-19)9-10-23(21(17)25)13-15-5-3-2-4-6-15/h2-11H,12-13H2,1H3,(H,22,24). The highest BCUT2D eigenvalue weighted by Gasteiger charge is 2.14. The van der Waals surface area contributed by atoms with Crippen molar-refractivity contribution in [1.29, 1.82) is 0 Å². The van der Waals surface area contributed by atoms with Gasteiger partial charge in [-0.05, 0) is 36.8 Å². The average Bonchev–Trinajstić information content (AvgIpc) is 3.29. The third-order valence-corrected chi connectivity index (χ3v) is 5.40. The first-order valence-electron chi connectivity index (χ1n) is 8.60. The molecule has 0 radical (unpaired) electrons. The number of nitrogens with one attached hydrogen (secondary N) is 1. The van der Waals surface area contributed by atoms with Crippen molar-refractivity contribution in [2.45, 2.75) is 20.0 Å². The Hall–Kier alpha value is -3.12. The van der Waals surface area contributed by atoms with Crippen molar-refractivity contribution in [3.8, 4) is 0 Å². The number of amides is 1. The van der Waals surface area contributed by atoms with Gasteiger partial charge < -0.3 is 14.3 Å². The van der Waals surface area contributed by atoms with Crippen LogP contribution in [0.3, 0.4) is 0 Å². The highest BCUT2D eigenvalue weighted by molar-refractivity contribution is 7.20. The molecule has 0 spiro atoms. The van der Waals surface area contributed by atoms with E-state index >= 15 is 0 Å². The van der Waals surface area contributed by atoms with Gasteiger partial charge in [-0.15, -0.1) is 11.3 Å². The number of hydrogen-bond acceptors (Lipinski definition) is 4. The molecule has 136 valence electrons. The van der Waals surface area contributed by atoms with Gasteiger partial charge in [0, 0.05) is 10.9 Å². The highest BCUT2D eigenvalue weighted by atomic mass is 32.1. The summed E-state index contributed by atoms with van der Waals surface area (Å²) in [7, 11) is 0. The normalized spacial score (nSPS) is 11.0. The number of benzene rings is 1. The summed E-state index contributed by atoms with van der Waals surface area (Å²) in [6, 6.07) is 17.1. The van der Waals surface area contributed by atoms with E-state index in [-0.39, 0.29) is 11.5 Å². The summed E-state index contributed by atoms with van der Waals surface area (Å²) in [5.41, 5.74) is 0.967. The molecular weight excluding hydrogens is 360 g/mol. The fourth-order valence-corrected chi connectivity index (χ4v) is 3.89. The molecule has 0 unspecified atom stereocenters. The zero-order valence-electron chi connectivity index (χ0n) is 14.8. The Morgan fingerprint density at radius 3 is 2.70 bits per heavy atom. The monoisotopic (exact) mass is 378 g/mol. The van der Waals surface area contributed by atoms with Gasteiger partial charge in [-0.2, -0.15) is 0 Å². The summed E-state index contributed by atoms with van der Waals surface area (Å²) >= 11 is 1.32. The smallest absolute Gasteiger partial charge is 0.261 e. The lowest BCUT2D eigenvalue weighted by Gasteiger charge is -2.05. The van der Waals surface area contributed by atoms with E-state index in [1.807, 2.05) is 55.5 Å². The third-order valence-electron chi connectivity index (χ3n) is 4.30. The Labute approximate surface area is 159 Å². The second kappa shape index (κ2) is 7.25. The van der Waals surface area contributed by atoms with E-state index in [1.165, 1.54) is 11.3 Å². The number of thiophene rings is 1. The molecule has 0 aliphatic rings. The van der Waals surface area contributed by atoms with Crippen LogP contribution in [0.15, 0.2) is 70.0 Å². The Morgan fingerprint density at radius 2 is 1.96 bits per heavy atom. The summed E-state index contributed by atoms with van der Waals surface area (Å²) in [6.07, 6.45) is 1.78. The molecule has 0 aliphatic heterocycles. The Balaban J connectivity index is 1.55. The second-order valence-corrected chi connectivity index (χ2v) is 7.40. The Kier molecular flexibility index (Phi) is 4.64. The number of carbonyl (C=O) groups excluding carboxylic acids is 1. The van der Waals surface area contributed by atoms with Gasteiger partial charge >= 0.3 is 0 Å². The molecule has 6 heteroatoms. The van der Waals surface area contributed by atoms with Crippen molar-refractivity contribution in [1.82, 2.24) is 9.88 Å². The summed E-state index contributed by atoms with van der Waals surface area (Å²) < 4.78 is 7.93. The summed E-state index contributed by atoms with van der Waals surface area (Å²) in [5, 5.41) is 3.40. The van der Waals surface area contributed by atoms with Crippen molar-refractivity contribution >= 4 is 27.3 Å². The zero-order chi connectivity index (χ0) is 18.8. The molecule has 0 bridgehead atoms. The van der Waals surface area contributed by atoms with Crippen LogP contribution in [0.25, 0.3) is 10.1 Å². The number of carbonyl (C=O) groups is 1. The SMILES string of the molecule is Cc1ccc(CNC(=O)c2cc3c(=O)n(Cc4ccccc4)ccc3s2)o1. The molecule has 3 heterocycles. The van der Waals surface area contributed by atoms with Gasteiger partial charge in [-0.25, -0.2) is 0 Å². The van der Waals surface area contributed by atoms with Gasteiger partial charge in [0.25, 0.3) is 11.5 Å². The first-order chi connectivity index (χ1) is 13.1. The molecule has 4 rings (SSSR count). The van der Waals surface area contributed by atoms with Crippen molar-refractivity contribution in [2.24, 2.45) is 0 Å². The molecule has 0 saturated carbocycles. The number of hydrogen-bond donors (Lipinski definition) is 1. The minimum Gasteiger partial charge on any atom is -0.465 e. The topological polar surface area (TPSA) is 64.2 Å². The molecular formula is C21H18N2O3S. The van der Waals surface area contributed by atoms with Gasteiger partial charge in [0.2, 0.25) is 0 Å². The number of nitrogens with zero attached hydrogens (tertiary/aromatic N) is 1. The van der Waals surface area contributed by atoms with E-state index in [2.05, 4.69) is 5.32 Å². The summed E-state index contributed by atoms with van der Waals surface area (Å²) in [5.74, 6) is 1.30. The van der Waals surface area contributed by atoms with Gasteiger partial charge in [-0.3, -0.25) is 9.59 Å². The van der Waals surface area contributed by atoms with Crippen LogP contribution in [-0.4, -0.2) is 10.5 Å². The largest absolute Gasteiger partial charge is 0.465 e. The van der Waals surface area contributed by atoms with Gasteiger partial charge in [0.1, 0.15) is 11.5 Å². The van der Waals surface area contributed by atoms with Crippen LogP contribution in [0.5, 0.6) is 0 Å². The Morgan fingerprint density at radius 1 is 1.15 bits per heavy atom. The Bertz CT molecular complexity index is 1160. The quantitative estimate of drug-likeness (QED) is 0.572. The lowest BCUT2D eigenvalue weighted by Crippen LogP contribution is -2.21. The van der Waals surface area contributed by atoms with E-state index in [1.54, 1.807) is 16.8 Å². The molecule has 0 aliphatic carbocycles. The van der Waals surface area contributed by atoms with Crippen LogP contribution >= 0.6 is 11.3 Å². The molecule has 0 saturated heterocycles. The van der Waals surface area contributed by atoms with Gasteiger partial charge in [0.05, 0.1) is 23.4 Å². The zero-order valence-corrected chi connectivity index (χ0v) is 15.6. The van der Waals surface area contributed by atoms with Crippen LogP contribution in [-0.2, 0) is 13.1 Å². The van der Waals surface area contributed by atoms with E-state index < -0.39 is 0 Å². The maximum atomic E-state index is 12.8. The van der Waals surface area contributed by atoms with E-state index in [4.69, 9.17) is 4.42 Å². The van der Waals surface area contributed by atoms with Crippen molar-refractivity contribution in [3.05, 3.63) is 93.1 Å². The first-order valence-corrected chi connectivity index (χ1v) is 9.42. The van der Waals surface area contributed by atoms with E-state index in [9.17, 15) is 9.59 Å². The van der Waals surface area contributed by atoms with E-state index in [0.717, 1.165) is 16.0 Å². The lowest BCUT2D eigenvalue weighted by atomic mass is 10.2. The number of rotatable bonds is 5. The molecule has 0 fully saturated rings. The molecule has 5 nitrogen and oxygen atoms in total. The molecule has 1 amide bonds.